The van der Waals surface area contributed by atoms with E-state index in [9.17, 15) is 4.79 Å². The minimum absolute atomic E-state index is 0.183. The lowest BCUT2D eigenvalue weighted by Gasteiger charge is -2.18. The van der Waals surface area contributed by atoms with Crippen molar-refractivity contribution in [3.05, 3.63) is 82.4 Å². The Morgan fingerprint density at radius 3 is 2.97 bits per heavy atom. The highest BCUT2D eigenvalue weighted by Gasteiger charge is 2.15. The normalized spacial score (nSPS) is 12.2. The lowest BCUT2D eigenvalue weighted by Crippen LogP contribution is -2.33. The van der Waals surface area contributed by atoms with Crippen molar-refractivity contribution in [2.24, 2.45) is 0 Å². The molecule has 7 nitrogen and oxygen atoms in total. The number of amides is 1. The molecule has 0 radical (unpaired) electrons. The largest absolute Gasteiger partial charge is 0.489 e. The quantitative estimate of drug-likeness (QED) is 0.435. The molecule has 160 valence electrons. The maximum Gasteiger partial charge on any atom is 0.256 e. The molecule has 31 heavy (non-hydrogen) atoms. The zero-order valence-electron chi connectivity index (χ0n) is 17.6. The maximum atomic E-state index is 12.5. The summed E-state index contributed by atoms with van der Waals surface area (Å²) in [6.07, 6.45) is 4.75. The van der Waals surface area contributed by atoms with Crippen LogP contribution in [0.5, 0.6) is 5.75 Å². The molecule has 0 aliphatic heterocycles. The first-order valence-corrected chi connectivity index (χ1v) is 11.0. The summed E-state index contributed by atoms with van der Waals surface area (Å²) in [7, 11) is 2.11. The maximum absolute atomic E-state index is 12.5. The number of hydrogen-bond acceptors (Lipinski definition) is 6. The van der Waals surface area contributed by atoms with Crippen molar-refractivity contribution in [1.82, 2.24) is 24.8 Å². The standard InChI is InChI=1S/C23H25N5O2S/c1-17(12-25-23(29)21-13-26-28-9-4-8-24-22(21)28)30-20-6-3-5-18(11-20)14-27(2)15-19-7-10-31-16-19/h3-11,13,16-17H,12,14-15H2,1-2H3,(H,25,29)/t17-/m1/s1. The van der Waals surface area contributed by atoms with Crippen LogP contribution in [0.4, 0.5) is 0 Å². The van der Waals surface area contributed by atoms with Gasteiger partial charge in [0.1, 0.15) is 17.4 Å². The van der Waals surface area contributed by atoms with Crippen LogP contribution in [0.15, 0.2) is 65.7 Å². The van der Waals surface area contributed by atoms with Crippen molar-refractivity contribution in [3.8, 4) is 5.75 Å². The number of rotatable bonds is 9. The number of carbonyl (C=O) groups is 1. The van der Waals surface area contributed by atoms with E-state index in [1.54, 1.807) is 34.3 Å². The number of carbonyl (C=O) groups excluding carboxylic acids is 1. The van der Waals surface area contributed by atoms with E-state index < -0.39 is 0 Å². The molecule has 4 rings (SSSR count). The van der Waals surface area contributed by atoms with Gasteiger partial charge in [-0.1, -0.05) is 12.1 Å². The van der Waals surface area contributed by atoms with Gasteiger partial charge in [-0.3, -0.25) is 9.69 Å². The number of ether oxygens (including phenoxy) is 1. The van der Waals surface area contributed by atoms with E-state index >= 15 is 0 Å². The van der Waals surface area contributed by atoms with Gasteiger partial charge in [0.15, 0.2) is 5.65 Å². The molecule has 3 heterocycles. The van der Waals surface area contributed by atoms with Crippen molar-refractivity contribution in [3.63, 3.8) is 0 Å². The summed E-state index contributed by atoms with van der Waals surface area (Å²) >= 11 is 1.72. The molecule has 0 aliphatic carbocycles. The molecule has 8 heteroatoms. The number of thiophene rings is 1. The van der Waals surface area contributed by atoms with Crippen molar-refractivity contribution in [2.75, 3.05) is 13.6 Å². The Hall–Kier alpha value is -3.23. The minimum atomic E-state index is -0.215. The monoisotopic (exact) mass is 435 g/mol. The smallest absolute Gasteiger partial charge is 0.256 e. The number of fused-ring (bicyclic) bond motifs is 1. The van der Waals surface area contributed by atoms with E-state index in [-0.39, 0.29) is 12.0 Å². The molecule has 0 aliphatic rings. The molecule has 0 saturated heterocycles. The fraction of sp³-hybridized carbons (Fsp3) is 0.261. The van der Waals surface area contributed by atoms with Gasteiger partial charge in [0, 0.05) is 25.5 Å². The third-order valence-electron chi connectivity index (χ3n) is 4.79. The lowest BCUT2D eigenvalue weighted by atomic mass is 10.2. The summed E-state index contributed by atoms with van der Waals surface area (Å²) in [6.45, 7) is 4.06. The van der Waals surface area contributed by atoms with Crippen LogP contribution in [-0.4, -0.2) is 45.1 Å². The van der Waals surface area contributed by atoms with Crippen molar-refractivity contribution >= 4 is 22.9 Å². The predicted molar refractivity (Wildman–Crippen MR) is 121 cm³/mol. The van der Waals surface area contributed by atoms with Crippen LogP contribution in [0.1, 0.15) is 28.4 Å². The molecule has 1 atom stereocenters. The van der Waals surface area contributed by atoms with Crippen LogP contribution in [0, 0.1) is 0 Å². The van der Waals surface area contributed by atoms with Gasteiger partial charge < -0.3 is 10.1 Å². The molecule has 4 aromatic rings. The highest BCUT2D eigenvalue weighted by molar-refractivity contribution is 7.07. The molecule has 0 fully saturated rings. The highest BCUT2D eigenvalue weighted by Crippen LogP contribution is 2.17. The van der Waals surface area contributed by atoms with Gasteiger partial charge in [0.25, 0.3) is 5.91 Å². The molecule has 1 aromatic carbocycles. The molecule has 3 aromatic heterocycles. The van der Waals surface area contributed by atoms with Crippen molar-refractivity contribution < 1.29 is 9.53 Å². The minimum Gasteiger partial charge on any atom is -0.489 e. The van der Waals surface area contributed by atoms with Gasteiger partial charge >= 0.3 is 0 Å². The van der Waals surface area contributed by atoms with E-state index in [4.69, 9.17) is 4.74 Å². The Morgan fingerprint density at radius 1 is 1.26 bits per heavy atom. The van der Waals surface area contributed by atoms with E-state index in [2.05, 4.69) is 56.3 Å². The zero-order chi connectivity index (χ0) is 21.6. The number of hydrogen-bond donors (Lipinski definition) is 1. The van der Waals surface area contributed by atoms with Crippen LogP contribution < -0.4 is 10.1 Å². The second-order valence-electron chi connectivity index (χ2n) is 7.54. The second kappa shape index (κ2) is 9.72. The van der Waals surface area contributed by atoms with Gasteiger partial charge in [-0.25, -0.2) is 9.50 Å². The fourth-order valence-corrected chi connectivity index (χ4v) is 4.03. The summed E-state index contributed by atoms with van der Waals surface area (Å²) in [4.78, 5) is 19.0. The van der Waals surface area contributed by atoms with Crippen LogP contribution in [-0.2, 0) is 13.1 Å². The summed E-state index contributed by atoms with van der Waals surface area (Å²) in [5.41, 5.74) is 3.49. The van der Waals surface area contributed by atoms with Gasteiger partial charge in [0.05, 0.1) is 12.7 Å². The van der Waals surface area contributed by atoms with Gasteiger partial charge in [-0.05, 0) is 60.1 Å². The van der Waals surface area contributed by atoms with Crippen LogP contribution >= 0.6 is 11.3 Å². The van der Waals surface area contributed by atoms with E-state index in [1.165, 1.54) is 17.3 Å². The van der Waals surface area contributed by atoms with Crippen LogP contribution in [0.2, 0.25) is 0 Å². The third kappa shape index (κ3) is 5.48. The molecule has 0 spiro atoms. The first-order valence-electron chi connectivity index (χ1n) is 10.1. The average molecular weight is 436 g/mol. The Balaban J connectivity index is 1.29. The molecule has 0 bridgehead atoms. The van der Waals surface area contributed by atoms with E-state index in [1.807, 2.05) is 19.1 Å². The number of nitrogens with zero attached hydrogens (tertiary/aromatic N) is 4. The topological polar surface area (TPSA) is 71.8 Å². The van der Waals surface area contributed by atoms with Gasteiger partial charge in [-0.15, -0.1) is 0 Å². The number of aromatic nitrogens is 3. The Labute approximate surface area is 185 Å². The molecular formula is C23H25N5O2S. The highest BCUT2D eigenvalue weighted by atomic mass is 32.1. The summed E-state index contributed by atoms with van der Waals surface area (Å²) in [5, 5.41) is 11.3. The first kappa shape index (κ1) is 21.0. The Morgan fingerprint density at radius 2 is 2.13 bits per heavy atom. The van der Waals surface area contributed by atoms with Crippen LogP contribution in [0.25, 0.3) is 5.65 Å². The summed E-state index contributed by atoms with van der Waals surface area (Å²) in [5.74, 6) is 0.578. The molecular weight excluding hydrogens is 410 g/mol. The van der Waals surface area contributed by atoms with Gasteiger partial charge in [0.2, 0.25) is 0 Å². The Kier molecular flexibility index (Phi) is 6.59. The molecule has 1 N–H and O–H groups in total. The summed E-state index contributed by atoms with van der Waals surface area (Å²) in [6, 6.07) is 12.0. The molecule has 0 unspecified atom stereocenters. The number of nitrogens with one attached hydrogen (secondary N) is 1. The summed E-state index contributed by atoms with van der Waals surface area (Å²) < 4.78 is 7.61. The van der Waals surface area contributed by atoms with Crippen molar-refractivity contribution in [1.29, 1.82) is 0 Å². The number of benzene rings is 1. The third-order valence-corrected chi connectivity index (χ3v) is 5.53. The zero-order valence-corrected chi connectivity index (χ0v) is 18.4. The average Bonchev–Trinajstić information content (AvgIpc) is 3.42. The fourth-order valence-electron chi connectivity index (χ4n) is 3.37. The SMILES string of the molecule is C[C@H](CNC(=O)c1cnn2cccnc12)Oc1cccc(CN(C)Cc2ccsc2)c1. The predicted octanol–water partition coefficient (Wildman–Crippen LogP) is 3.62. The van der Waals surface area contributed by atoms with Crippen molar-refractivity contribution in [2.45, 2.75) is 26.1 Å². The lowest BCUT2D eigenvalue weighted by molar-refractivity contribution is 0.0933. The first-order chi connectivity index (χ1) is 15.1. The van der Waals surface area contributed by atoms with E-state index in [0.717, 1.165) is 18.8 Å². The van der Waals surface area contributed by atoms with E-state index in [0.29, 0.717) is 17.8 Å². The van der Waals surface area contributed by atoms with Crippen LogP contribution in [0.3, 0.4) is 0 Å². The van der Waals surface area contributed by atoms with Gasteiger partial charge in [-0.2, -0.15) is 16.4 Å². The second-order valence-corrected chi connectivity index (χ2v) is 8.32. The molecule has 1 amide bonds. The molecule has 0 saturated carbocycles. The Bertz CT molecular complexity index is 1140.